The highest BCUT2D eigenvalue weighted by Gasteiger charge is 2.27. The molecular formula is C26H25N7OS. The zero-order valence-electron chi connectivity index (χ0n) is 19.1. The summed E-state index contributed by atoms with van der Waals surface area (Å²) in [7, 11) is 0. The summed E-state index contributed by atoms with van der Waals surface area (Å²) in [5.74, 6) is 0.246. The summed E-state index contributed by atoms with van der Waals surface area (Å²) in [6.45, 7) is 3.49. The zero-order chi connectivity index (χ0) is 24.2. The van der Waals surface area contributed by atoms with Gasteiger partial charge >= 0.3 is 0 Å². The van der Waals surface area contributed by atoms with Gasteiger partial charge in [0.25, 0.3) is 0 Å². The molecule has 1 fully saturated rings. The number of aromatic nitrogens is 5. The summed E-state index contributed by atoms with van der Waals surface area (Å²) in [5, 5.41) is 17.5. The molecule has 3 heterocycles. The van der Waals surface area contributed by atoms with Gasteiger partial charge in [0.05, 0.1) is 30.9 Å². The Balaban J connectivity index is 1.40. The van der Waals surface area contributed by atoms with Crippen LogP contribution in [0.1, 0.15) is 38.1 Å². The van der Waals surface area contributed by atoms with Crippen molar-refractivity contribution in [3.63, 3.8) is 0 Å². The van der Waals surface area contributed by atoms with E-state index in [-0.39, 0.29) is 11.9 Å². The summed E-state index contributed by atoms with van der Waals surface area (Å²) in [4.78, 5) is 25.2. The fourth-order valence-corrected chi connectivity index (χ4v) is 5.48. The van der Waals surface area contributed by atoms with Crippen molar-refractivity contribution in [3.05, 3.63) is 61.7 Å². The first kappa shape index (κ1) is 22.9. The normalized spacial score (nSPS) is 14.6. The fraction of sp³-hybridized carbons (Fsp3) is 0.269. The fourth-order valence-electron chi connectivity index (χ4n) is 4.67. The van der Waals surface area contributed by atoms with E-state index < -0.39 is 0 Å². The highest BCUT2D eigenvalue weighted by molar-refractivity contribution is 7.99. The van der Waals surface area contributed by atoms with Gasteiger partial charge in [-0.15, -0.1) is 0 Å². The smallest absolute Gasteiger partial charge is 0.247 e. The van der Waals surface area contributed by atoms with Crippen LogP contribution >= 0.6 is 11.8 Å². The van der Waals surface area contributed by atoms with Gasteiger partial charge in [0.2, 0.25) is 5.91 Å². The first-order valence-corrected chi connectivity index (χ1v) is 12.4. The number of carbonyl (C=O) groups excluding carboxylic acids is 1. The molecular weight excluding hydrogens is 458 g/mol. The van der Waals surface area contributed by atoms with Gasteiger partial charge < -0.3 is 10.3 Å². The number of carbonyl (C=O) groups is 1. The Morgan fingerprint density at radius 1 is 1.37 bits per heavy atom. The van der Waals surface area contributed by atoms with E-state index in [1.807, 2.05) is 47.5 Å². The van der Waals surface area contributed by atoms with E-state index in [1.165, 1.54) is 30.7 Å². The van der Waals surface area contributed by atoms with Gasteiger partial charge in [0.1, 0.15) is 10.5 Å². The van der Waals surface area contributed by atoms with Crippen LogP contribution in [0.5, 0.6) is 0 Å². The lowest BCUT2D eigenvalue weighted by Crippen LogP contribution is -2.17. The zero-order valence-corrected chi connectivity index (χ0v) is 20.0. The van der Waals surface area contributed by atoms with Crippen molar-refractivity contribution in [3.8, 4) is 17.2 Å². The minimum atomic E-state index is -0.254. The quantitative estimate of drug-likeness (QED) is 0.309. The number of fused-ring (bicyclic) bond motifs is 1. The van der Waals surface area contributed by atoms with Crippen molar-refractivity contribution in [1.82, 2.24) is 24.7 Å². The molecule has 35 heavy (non-hydrogen) atoms. The molecule has 0 aliphatic heterocycles. The van der Waals surface area contributed by atoms with E-state index in [9.17, 15) is 10.1 Å². The van der Waals surface area contributed by atoms with Crippen molar-refractivity contribution >= 4 is 34.5 Å². The molecule has 1 amide bonds. The molecule has 1 saturated carbocycles. The van der Waals surface area contributed by atoms with Crippen LogP contribution < -0.4 is 5.32 Å². The largest absolute Gasteiger partial charge is 0.344 e. The maximum absolute atomic E-state index is 11.6. The summed E-state index contributed by atoms with van der Waals surface area (Å²) in [5.41, 5.74) is 4.03. The third kappa shape index (κ3) is 4.98. The Bertz CT molecular complexity index is 1410. The minimum absolute atomic E-state index is 0.104. The van der Waals surface area contributed by atoms with E-state index in [4.69, 9.17) is 4.98 Å². The van der Waals surface area contributed by atoms with E-state index in [0.29, 0.717) is 23.7 Å². The first-order valence-electron chi connectivity index (χ1n) is 11.6. The molecule has 0 saturated heterocycles. The predicted molar refractivity (Wildman–Crippen MR) is 136 cm³/mol. The minimum Gasteiger partial charge on any atom is -0.344 e. The molecule has 1 unspecified atom stereocenters. The molecule has 5 rings (SSSR count). The van der Waals surface area contributed by atoms with Crippen molar-refractivity contribution in [1.29, 1.82) is 5.26 Å². The highest BCUT2D eigenvalue weighted by atomic mass is 32.2. The van der Waals surface area contributed by atoms with Crippen molar-refractivity contribution in [2.24, 2.45) is 5.92 Å². The lowest BCUT2D eigenvalue weighted by molar-refractivity contribution is -0.111. The number of nitriles is 1. The lowest BCUT2D eigenvalue weighted by atomic mass is 9.96. The molecule has 0 spiro atoms. The van der Waals surface area contributed by atoms with Gasteiger partial charge in [-0.2, -0.15) is 10.4 Å². The molecule has 1 aliphatic rings. The van der Waals surface area contributed by atoms with Crippen LogP contribution in [0.15, 0.2) is 71.6 Å². The molecule has 3 aromatic heterocycles. The number of benzene rings is 1. The Morgan fingerprint density at radius 3 is 3.03 bits per heavy atom. The molecule has 8 nitrogen and oxygen atoms in total. The third-order valence-corrected chi connectivity index (χ3v) is 7.26. The van der Waals surface area contributed by atoms with E-state index in [0.717, 1.165) is 39.4 Å². The summed E-state index contributed by atoms with van der Waals surface area (Å²) in [6.07, 6.45) is 14.0. The number of rotatable bonds is 8. The van der Waals surface area contributed by atoms with E-state index >= 15 is 0 Å². The summed E-state index contributed by atoms with van der Waals surface area (Å²) >= 11 is 1.47. The molecule has 1 aliphatic carbocycles. The lowest BCUT2D eigenvalue weighted by Gasteiger charge is -2.21. The number of hydrogen-bond donors (Lipinski definition) is 2. The molecule has 1 atom stereocenters. The number of amides is 1. The van der Waals surface area contributed by atoms with Crippen LogP contribution in [0.2, 0.25) is 0 Å². The van der Waals surface area contributed by atoms with Gasteiger partial charge in [0, 0.05) is 34.1 Å². The molecule has 9 heteroatoms. The highest BCUT2D eigenvalue weighted by Crippen LogP contribution is 2.37. The topological polar surface area (TPSA) is 112 Å². The molecule has 4 aromatic rings. The van der Waals surface area contributed by atoms with E-state index in [1.54, 1.807) is 6.20 Å². The van der Waals surface area contributed by atoms with Crippen molar-refractivity contribution < 1.29 is 4.79 Å². The predicted octanol–water partition coefficient (Wildman–Crippen LogP) is 5.74. The average molecular weight is 484 g/mol. The molecule has 2 N–H and O–H groups in total. The maximum atomic E-state index is 11.6. The summed E-state index contributed by atoms with van der Waals surface area (Å²) < 4.78 is 1.96. The van der Waals surface area contributed by atoms with Gasteiger partial charge in [-0.25, -0.2) is 9.97 Å². The van der Waals surface area contributed by atoms with Crippen molar-refractivity contribution in [2.45, 2.75) is 48.1 Å². The second-order valence-electron chi connectivity index (χ2n) is 8.61. The van der Waals surface area contributed by atoms with Crippen molar-refractivity contribution in [2.75, 3.05) is 5.32 Å². The number of H-pyrrole nitrogens is 1. The Labute approximate surface area is 207 Å². The number of hydrogen-bond acceptors (Lipinski definition) is 6. The number of aromatic amines is 1. The van der Waals surface area contributed by atoms with Crippen LogP contribution in [0.4, 0.5) is 5.69 Å². The number of nitrogens with zero attached hydrogens (tertiary/aromatic N) is 5. The van der Waals surface area contributed by atoms with Gasteiger partial charge in [-0.3, -0.25) is 9.48 Å². The SMILES string of the molecule is C=CC(=O)Nc1cccc(Sc2cnc3[nH]cc(-c4cnn(C(CC#N)C5CCCC5)c4)c3n2)c1. The Kier molecular flexibility index (Phi) is 6.64. The first-order chi connectivity index (χ1) is 17.1. The second kappa shape index (κ2) is 10.2. The van der Waals surface area contributed by atoms with Crippen LogP contribution in [-0.4, -0.2) is 30.6 Å². The van der Waals surface area contributed by atoms with Crippen LogP contribution in [0.25, 0.3) is 22.3 Å². The average Bonchev–Trinajstić information content (AvgIpc) is 3.63. The van der Waals surface area contributed by atoms with Gasteiger partial charge in [-0.1, -0.05) is 37.2 Å². The second-order valence-corrected chi connectivity index (χ2v) is 9.71. The van der Waals surface area contributed by atoms with Gasteiger partial charge in [0.15, 0.2) is 5.65 Å². The maximum Gasteiger partial charge on any atom is 0.247 e. The number of nitrogens with one attached hydrogen (secondary N) is 2. The van der Waals surface area contributed by atoms with Gasteiger partial charge in [-0.05, 0) is 43.0 Å². The molecule has 0 radical (unpaired) electrons. The van der Waals surface area contributed by atoms with Crippen LogP contribution in [0.3, 0.4) is 0 Å². The molecule has 176 valence electrons. The van der Waals surface area contributed by atoms with Crippen LogP contribution in [0, 0.1) is 17.2 Å². The summed E-state index contributed by atoms with van der Waals surface area (Å²) in [6, 6.07) is 10.0. The van der Waals surface area contributed by atoms with E-state index in [2.05, 4.69) is 33.0 Å². The standard InChI is InChI=1S/C26H25N7OS/c1-2-23(34)31-19-8-5-9-20(12-19)35-24-15-29-26-25(32-24)21(14-28-26)18-13-30-33(16-18)22(10-11-27)17-6-3-4-7-17/h2,5,8-9,12-17,22H,1,3-4,6-7,10H2,(H,28,29)(H,31,34). The number of anilines is 1. The Hall–Kier alpha value is -3.90. The molecule has 0 bridgehead atoms. The third-order valence-electron chi connectivity index (χ3n) is 6.36. The van der Waals surface area contributed by atoms with Crippen LogP contribution in [-0.2, 0) is 4.79 Å². The Morgan fingerprint density at radius 2 is 2.23 bits per heavy atom. The molecule has 1 aromatic carbocycles. The monoisotopic (exact) mass is 483 g/mol.